The molecule has 0 aliphatic heterocycles. The Morgan fingerprint density at radius 2 is 0.931 bits per heavy atom. The topological polar surface area (TPSA) is 211 Å². The molecular weight excluding hydrogens is 936 g/mol. The summed E-state index contributed by atoms with van der Waals surface area (Å²) >= 11 is 0. The predicted octanol–water partition coefficient (Wildman–Crippen LogP) is 8.72. The lowest BCUT2D eigenvalue weighted by Crippen LogP contribution is -2.33. The van der Waals surface area contributed by atoms with Crippen LogP contribution >= 0.6 is 12.4 Å². The Balaban J connectivity index is 0.000000314. The van der Waals surface area contributed by atoms with Crippen molar-refractivity contribution in [1.29, 1.82) is 0 Å². The fraction of sp³-hybridized carbons (Fsp3) is 0.364. The molecule has 0 unspecified atom stereocenters. The molecule has 0 radical (unpaired) electrons. The first-order valence-corrected chi connectivity index (χ1v) is 23.6. The summed E-state index contributed by atoms with van der Waals surface area (Å²) < 4.78 is 19.0. The number of amides is 1. The number of alkyl carbamates (subject to hydrolysis) is 1. The molecular formula is C55H69ClN8O8. The van der Waals surface area contributed by atoms with E-state index in [-0.39, 0.29) is 49.2 Å². The molecule has 0 saturated carbocycles. The van der Waals surface area contributed by atoms with Crippen molar-refractivity contribution in [3.05, 3.63) is 165 Å². The first-order valence-electron chi connectivity index (χ1n) is 23.6. The largest absolute Gasteiger partial charge is 0.459 e. The number of nitrogens with two attached hydrogens (primary N) is 1. The van der Waals surface area contributed by atoms with Crippen LogP contribution in [0, 0.1) is 0 Å². The molecule has 5 N–H and O–H groups in total. The molecule has 16 nitrogen and oxygen atoms in total. The number of nitrogens with one attached hydrogen (secondary N) is 3. The quantitative estimate of drug-likeness (QED) is 0.0498. The maximum Gasteiger partial charge on any atom is 0.407 e. The fourth-order valence-corrected chi connectivity index (χ4v) is 7.13. The van der Waals surface area contributed by atoms with E-state index >= 15 is 0 Å². The zero-order chi connectivity index (χ0) is 51.8. The number of halogens is 1. The average Bonchev–Trinajstić information content (AvgIpc) is 3.30. The molecule has 384 valence electrons. The third kappa shape index (κ3) is 18.8. The maximum absolute atomic E-state index is 13.5. The van der Waals surface area contributed by atoms with E-state index in [9.17, 15) is 24.0 Å². The van der Waals surface area contributed by atoms with Crippen molar-refractivity contribution >= 4 is 42.1 Å². The van der Waals surface area contributed by atoms with Gasteiger partial charge in [0.1, 0.15) is 29.9 Å². The van der Waals surface area contributed by atoms with Gasteiger partial charge in [0.2, 0.25) is 0 Å². The number of rotatable bonds is 17. The van der Waals surface area contributed by atoms with E-state index in [0.717, 1.165) is 34.2 Å². The number of anilines is 2. The summed E-state index contributed by atoms with van der Waals surface area (Å²) in [5, 5.41) is 8.95. The summed E-state index contributed by atoms with van der Waals surface area (Å²) in [6.45, 7) is 17.3. The standard InChI is InChI=1S/C30H38N4O5.C25H30N4O3.ClH/c1-29(2,3)38-25(35)20-34-24(19-32-26(27(34)36)31-16-15-21-11-8-7-9-12-21)23-14-10-13-22(17-23)18-33-28(37)39-30(4,5)6;1-25(2,3)32-22(30)17-29-21(20-11-7-10-19(14-20)15-26)16-28-23(24(29)31)27-13-12-18-8-5-4-6-9-18;/h7-14,17,19H,15-16,18,20H2,1-6H3,(H,31,32)(H,33,37);4-11,14,16H,12-13,15,17,26H2,1-3H3,(H,27,28);1H. The SMILES string of the molecule is CC(C)(C)OC(=O)Cn1c(-c2cccc(CN)c2)cnc(NCCc2ccccc2)c1=O.CC(C)(C)OC(=O)Cn1c(-c2cccc(CNC(=O)OC(C)(C)C)c2)cnc(NCCc2ccccc2)c1=O.Cl. The Bertz CT molecular complexity index is 2850. The van der Waals surface area contributed by atoms with Crippen LogP contribution < -0.4 is 32.8 Å². The van der Waals surface area contributed by atoms with Gasteiger partial charge in [-0.3, -0.25) is 28.3 Å². The highest BCUT2D eigenvalue weighted by molar-refractivity contribution is 5.85. The third-order valence-electron chi connectivity index (χ3n) is 10.1. The lowest BCUT2D eigenvalue weighted by Gasteiger charge is -2.21. The van der Waals surface area contributed by atoms with Gasteiger partial charge in [-0.15, -0.1) is 12.4 Å². The Morgan fingerprint density at radius 3 is 1.33 bits per heavy atom. The molecule has 6 aromatic rings. The summed E-state index contributed by atoms with van der Waals surface area (Å²) in [7, 11) is 0. The number of benzene rings is 4. The van der Waals surface area contributed by atoms with E-state index in [1.165, 1.54) is 9.13 Å². The number of hydrogen-bond acceptors (Lipinski definition) is 13. The number of hydrogen-bond donors (Lipinski definition) is 4. The average molecular weight is 1010 g/mol. The van der Waals surface area contributed by atoms with Crippen molar-refractivity contribution in [2.24, 2.45) is 5.73 Å². The fourth-order valence-electron chi connectivity index (χ4n) is 7.13. The second-order valence-electron chi connectivity index (χ2n) is 19.7. The number of nitrogens with zero attached hydrogens (tertiary/aromatic N) is 4. The molecule has 0 atom stereocenters. The first-order chi connectivity index (χ1) is 33.6. The molecule has 2 heterocycles. The summed E-state index contributed by atoms with van der Waals surface area (Å²) in [5.74, 6) is -0.670. The van der Waals surface area contributed by atoms with Crippen molar-refractivity contribution in [3.8, 4) is 22.5 Å². The molecule has 0 spiro atoms. The van der Waals surface area contributed by atoms with Gasteiger partial charge in [-0.1, -0.05) is 97.1 Å². The zero-order valence-electron chi connectivity index (χ0n) is 42.7. The molecule has 72 heavy (non-hydrogen) atoms. The summed E-state index contributed by atoms with van der Waals surface area (Å²) in [5.41, 5.74) is 9.44. The molecule has 6 rings (SSSR count). The van der Waals surface area contributed by atoms with Crippen LogP contribution in [0.3, 0.4) is 0 Å². The van der Waals surface area contributed by atoms with E-state index in [1.54, 1.807) is 74.7 Å². The second-order valence-corrected chi connectivity index (χ2v) is 19.7. The van der Waals surface area contributed by atoms with Crippen LogP contribution in [0.15, 0.2) is 131 Å². The normalized spacial score (nSPS) is 11.2. The van der Waals surface area contributed by atoms with Gasteiger partial charge in [-0.05, 0) is 110 Å². The molecule has 1 amide bonds. The molecule has 0 aliphatic carbocycles. The van der Waals surface area contributed by atoms with Gasteiger partial charge in [-0.25, -0.2) is 14.8 Å². The van der Waals surface area contributed by atoms with Gasteiger partial charge in [-0.2, -0.15) is 0 Å². The summed E-state index contributed by atoms with van der Waals surface area (Å²) in [6, 6.07) is 34.8. The number of esters is 2. The summed E-state index contributed by atoms with van der Waals surface area (Å²) in [6.07, 6.45) is 4.10. The van der Waals surface area contributed by atoms with Crippen molar-refractivity contribution in [3.63, 3.8) is 0 Å². The maximum atomic E-state index is 13.5. The number of carbonyl (C=O) groups is 3. The van der Waals surface area contributed by atoms with E-state index in [0.29, 0.717) is 43.0 Å². The molecule has 0 fully saturated rings. The van der Waals surface area contributed by atoms with Crippen LogP contribution in [0.4, 0.5) is 16.4 Å². The molecule has 17 heteroatoms. The van der Waals surface area contributed by atoms with Crippen LogP contribution in [0.25, 0.3) is 22.5 Å². The van der Waals surface area contributed by atoms with Gasteiger partial charge in [0.05, 0.1) is 23.8 Å². The minimum Gasteiger partial charge on any atom is -0.459 e. The van der Waals surface area contributed by atoms with E-state index in [1.807, 2.05) is 109 Å². The van der Waals surface area contributed by atoms with Crippen LogP contribution in [-0.2, 0) is 62.8 Å². The van der Waals surface area contributed by atoms with Gasteiger partial charge < -0.3 is 35.9 Å². The van der Waals surface area contributed by atoms with Crippen molar-refractivity contribution in [2.45, 2.75) is 118 Å². The molecule has 0 aliphatic rings. The summed E-state index contributed by atoms with van der Waals surface area (Å²) in [4.78, 5) is 72.9. The van der Waals surface area contributed by atoms with Crippen molar-refractivity contribution < 1.29 is 28.6 Å². The van der Waals surface area contributed by atoms with Crippen molar-refractivity contribution in [1.82, 2.24) is 24.4 Å². The number of aromatic nitrogens is 4. The Hall–Kier alpha value is -7.30. The minimum absolute atomic E-state index is 0. The zero-order valence-corrected chi connectivity index (χ0v) is 43.6. The molecule has 0 saturated heterocycles. The molecule has 0 bridgehead atoms. The Kier molecular flexibility index (Phi) is 20.9. The second kappa shape index (κ2) is 26.2. The highest BCUT2D eigenvalue weighted by Gasteiger charge is 2.23. The smallest absolute Gasteiger partial charge is 0.407 e. The first kappa shape index (κ1) is 57.3. The van der Waals surface area contributed by atoms with Crippen LogP contribution in [-0.4, -0.2) is 67.0 Å². The molecule has 2 aromatic heterocycles. The van der Waals surface area contributed by atoms with Crippen molar-refractivity contribution in [2.75, 3.05) is 23.7 Å². The van der Waals surface area contributed by atoms with E-state index in [2.05, 4.69) is 25.9 Å². The third-order valence-corrected chi connectivity index (χ3v) is 10.1. The number of ether oxygens (including phenoxy) is 3. The lowest BCUT2D eigenvalue weighted by atomic mass is 10.1. The van der Waals surface area contributed by atoms with Crippen LogP contribution in [0.2, 0.25) is 0 Å². The number of carbonyl (C=O) groups excluding carboxylic acids is 3. The van der Waals surface area contributed by atoms with Gasteiger partial charge in [0.25, 0.3) is 11.1 Å². The van der Waals surface area contributed by atoms with Crippen LogP contribution in [0.5, 0.6) is 0 Å². The lowest BCUT2D eigenvalue weighted by molar-refractivity contribution is -0.156. The predicted molar refractivity (Wildman–Crippen MR) is 285 cm³/mol. The highest BCUT2D eigenvalue weighted by atomic mass is 35.5. The van der Waals surface area contributed by atoms with Gasteiger partial charge in [0.15, 0.2) is 11.6 Å². The Morgan fingerprint density at radius 1 is 0.542 bits per heavy atom. The van der Waals surface area contributed by atoms with Gasteiger partial charge in [0, 0.05) is 37.3 Å². The van der Waals surface area contributed by atoms with Gasteiger partial charge >= 0.3 is 18.0 Å². The minimum atomic E-state index is -0.697. The highest BCUT2D eigenvalue weighted by Crippen LogP contribution is 2.23. The van der Waals surface area contributed by atoms with Crippen LogP contribution in [0.1, 0.15) is 84.6 Å². The Labute approximate surface area is 428 Å². The van der Waals surface area contributed by atoms with E-state index < -0.39 is 40.4 Å². The molecule has 4 aromatic carbocycles. The van der Waals surface area contributed by atoms with E-state index in [4.69, 9.17) is 19.9 Å². The monoisotopic (exact) mass is 1000 g/mol.